The van der Waals surface area contributed by atoms with E-state index < -0.39 is 33.4 Å². The van der Waals surface area contributed by atoms with Crippen LogP contribution in [0.5, 0.6) is 0 Å². The second-order valence-corrected chi connectivity index (χ2v) is 11.2. The van der Waals surface area contributed by atoms with Gasteiger partial charge in [-0.3, -0.25) is 9.59 Å². The van der Waals surface area contributed by atoms with Gasteiger partial charge in [0.2, 0.25) is 5.91 Å². The summed E-state index contributed by atoms with van der Waals surface area (Å²) in [6, 6.07) is 8.80. The minimum absolute atomic E-state index is 0.0639. The average molecular weight is 527 g/mol. The van der Waals surface area contributed by atoms with Crippen molar-refractivity contribution in [2.24, 2.45) is 0 Å². The SMILES string of the molecule is COCCCC(C)(c1ccc(NC(=O)C2c3ccc(S(C)(=O)=O)cc3CN2C(C)=O)cc1)C(F)(F)F. The highest BCUT2D eigenvalue weighted by atomic mass is 32.2. The van der Waals surface area contributed by atoms with E-state index in [0.29, 0.717) is 11.1 Å². The fourth-order valence-corrected chi connectivity index (χ4v) is 5.06. The average Bonchev–Trinajstić information content (AvgIpc) is 3.17. The molecule has 0 aliphatic carbocycles. The molecular formula is C25H29F3N2O5S. The quantitative estimate of drug-likeness (QED) is 0.516. The molecule has 1 N–H and O–H groups in total. The molecule has 0 aromatic heterocycles. The summed E-state index contributed by atoms with van der Waals surface area (Å²) in [6.07, 6.45) is -3.33. The van der Waals surface area contributed by atoms with E-state index in [2.05, 4.69) is 5.32 Å². The first-order chi connectivity index (χ1) is 16.7. The Balaban J connectivity index is 1.85. The predicted molar refractivity (Wildman–Crippen MR) is 128 cm³/mol. The molecule has 7 nitrogen and oxygen atoms in total. The maximum Gasteiger partial charge on any atom is 0.398 e. The lowest BCUT2D eigenvalue weighted by molar-refractivity contribution is -0.188. The fourth-order valence-electron chi connectivity index (χ4n) is 4.39. The highest BCUT2D eigenvalue weighted by Crippen LogP contribution is 2.44. The van der Waals surface area contributed by atoms with Gasteiger partial charge in [-0.1, -0.05) is 18.2 Å². The fraction of sp³-hybridized carbons (Fsp3) is 0.440. The van der Waals surface area contributed by atoms with E-state index in [1.807, 2.05) is 0 Å². The first-order valence-electron chi connectivity index (χ1n) is 11.3. The number of rotatable bonds is 8. The molecule has 3 rings (SSSR count). The second-order valence-electron chi connectivity index (χ2n) is 9.18. The van der Waals surface area contributed by atoms with Gasteiger partial charge < -0.3 is 15.0 Å². The van der Waals surface area contributed by atoms with Gasteiger partial charge in [0.25, 0.3) is 5.91 Å². The molecule has 196 valence electrons. The molecule has 0 saturated heterocycles. The number of nitrogens with zero attached hydrogens (tertiary/aromatic N) is 1. The standard InChI is InChI=1S/C25H29F3N2O5S/c1-16(31)30-15-17-14-20(36(4,33)34)10-11-21(17)22(30)23(32)29-19-8-6-18(7-9-19)24(2,25(26,27)28)12-5-13-35-3/h6-11,14,22H,5,12-13,15H2,1-4H3,(H,29,32). The Morgan fingerprint density at radius 3 is 2.31 bits per heavy atom. The van der Waals surface area contributed by atoms with Crippen molar-refractivity contribution in [1.29, 1.82) is 0 Å². The number of carbonyl (C=O) groups excluding carboxylic acids is 2. The van der Waals surface area contributed by atoms with Gasteiger partial charge in [-0.2, -0.15) is 13.2 Å². The van der Waals surface area contributed by atoms with E-state index in [9.17, 15) is 31.2 Å². The van der Waals surface area contributed by atoms with E-state index in [-0.39, 0.29) is 48.0 Å². The smallest absolute Gasteiger partial charge is 0.385 e. The molecule has 0 radical (unpaired) electrons. The lowest BCUT2D eigenvalue weighted by Crippen LogP contribution is -2.39. The Labute approximate surface area is 208 Å². The number of sulfone groups is 1. The molecule has 1 aliphatic rings. The van der Waals surface area contributed by atoms with Crippen molar-refractivity contribution in [2.75, 3.05) is 25.3 Å². The van der Waals surface area contributed by atoms with Gasteiger partial charge in [-0.05, 0) is 60.7 Å². The number of amides is 2. The number of carbonyl (C=O) groups is 2. The molecule has 2 aromatic rings. The number of anilines is 1. The molecule has 11 heteroatoms. The lowest BCUT2D eigenvalue weighted by Gasteiger charge is -2.33. The van der Waals surface area contributed by atoms with E-state index in [1.54, 1.807) is 0 Å². The van der Waals surface area contributed by atoms with Crippen LogP contribution in [0, 0.1) is 0 Å². The zero-order valence-corrected chi connectivity index (χ0v) is 21.3. The summed E-state index contributed by atoms with van der Waals surface area (Å²) in [7, 11) is -2.04. The first-order valence-corrected chi connectivity index (χ1v) is 13.2. The molecule has 2 amide bonds. The van der Waals surface area contributed by atoms with Crippen LogP contribution in [0.4, 0.5) is 18.9 Å². The number of methoxy groups -OCH3 is 1. The predicted octanol–water partition coefficient (Wildman–Crippen LogP) is 4.38. The number of nitrogens with one attached hydrogen (secondary N) is 1. The Morgan fingerprint density at radius 2 is 1.78 bits per heavy atom. The number of benzene rings is 2. The van der Waals surface area contributed by atoms with Gasteiger partial charge in [-0.25, -0.2) is 8.42 Å². The summed E-state index contributed by atoms with van der Waals surface area (Å²) >= 11 is 0. The van der Waals surface area contributed by atoms with Crippen LogP contribution in [0.25, 0.3) is 0 Å². The van der Waals surface area contributed by atoms with Crippen molar-refractivity contribution in [3.05, 3.63) is 59.2 Å². The van der Waals surface area contributed by atoms with E-state index in [0.717, 1.165) is 13.2 Å². The summed E-state index contributed by atoms with van der Waals surface area (Å²) < 4.78 is 70.4. The Morgan fingerprint density at radius 1 is 1.14 bits per heavy atom. The van der Waals surface area contributed by atoms with Crippen molar-refractivity contribution in [1.82, 2.24) is 4.90 Å². The monoisotopic (exact) mass is 526 g/mol. The van der Waals surface area contributed by atoms with Crippen LogP contribution >= 0.6 is 0 Å². The van der Waals surface area contributed by atoms with Gasteiger partial charge in [0.1, 0.15) is 6.04 Å². The van der Waals surface area contributed by atoms with Crippen molar-refractivity contribution in [3.63, 3.8) is 0 Å². The first kappa shape index (κ1) is 27.7. The number of alkyl halides is 3. The summed E-state index contributed by atoms with van der Waals surface area (Å²) in [4.78, 5) is 26.8. The third-order valence-corrected chi connectivity index (χ3v) is 7.69. The number of halogens is 3. The second kappa shape index (κ2) is 10.2. The van der Waals surface area contributed by atoms with Gasteiger partial charge in [0.05, 0.1) is 10.3 Å². The Hall–Kier alpha value is -2.92. The maximum atomic E-state index is 13.9. The van der Waals surface area contributed by atoms with Gasteiger partial charge >= 0.3 is 6.18 Å². The molecule has 2 aromatic carbocycles. The summed E-state index contributed by atoms with van der Waals surface area (Å²) in [6.45, 7) is 2.72. The van der Waals surface area contributed by atoms with Crippen LogP contribution in [0.15, 0.2) is 47.4 Å². The topological polar surface area (TPSA) is 92.8 Å². The Kier molecular flexibility index (Phi) is 7.85. The zero-order chi connectivity index (χ0) is 26.9. The van der Waals surface area contributed by atoms with Crippen LogP contribution in [-0.4, -0.2) is 51.3 Å². The van der Waals surface area contributed by atoms with Gasteiger partial charge in [0.15, 0.2) is 9.84 Å². The highest BCUT2D eigenvalue weighted by molar-refractivity contribution is 7.90. The molecule has 0 bridgehead atoms. The zero-order valence-electron chi connectivity index (χ0n) is 20.5. The third kappa shape index (κ3) is 5.57. The van der Waals surface area contributed by atoms with E-state index in [1.165, 1.54) is 61.4 Å². The third-order valence-electron chi connectivity index (χ3n) is 6.58. The minimum Gasteiger partial charge on any atom is -0.385 e. The lowest BCUT2D eigenvalue weighted by atomic mass is 9.78. The van der Waals surface area contributed by atoms with Crippen LogP contribution < -0.4 is 5.32 Å². The van der Waals surface area contributed by atoms with Crippen LogP contribution in [0.2, 0.25) is 0 Å². The molecule has 1 heterocycles. The van der Waals surface area contributed by atoms with Crippen molar-refractivity contribution in [3.8, 4) is 0 Å². The van der Waals surface area contributed by atoms with Crippen LogP contribution in [0.1, 0.15) is 49.4 Å². The van der Waals surface area contributed by atoms with Crippen molar-refractivity contribution >= 4 is 27.3 Å². The van der Waals surface area contributed by atoms with Crippen LogP contribution in [0.3, 0.4) is 0 Å². The van der Waals surface area contributed by atoms with Gasteiger partial charge in [0, 0.05) is 39.1 Å². The molecule has 0 saturated carbocycles. The molecular weight excluding hydrogens is 497 g/mol. The molecule has 36 heavy (non-hydrogen) atoms. The summed E-state index contributed by atoms with van der Waals surface area (Å²) in [5.74, 6) is -0.929. The molecule has 1 aliphatic heterocycles. The number of hydrogen-bond acceptors (Lipinski definition) is 5. The number of hydrogen-bond donors (Lipinski definition) is 1. The maximum absolute atomic E-state index is 13.9. The summed E-state index contributed by atoms with van der Waals surface area (Å²) in [5.41, 5.74) is -0.708. The van der Waals surface area contributed by atoms with Gasteiger partial charge in [-0.15, -0.1) is 0 Å². The van der Waals surface area contributed by atoms with E-state index >= 15 is 0 Å². The normalized spacial score (nSPS) is 17.4. The molecule has 0 spiro atoms. The largest absolute Gasteiger partial charge is 0.398 e. The number of fused-ring (bicyclic) bond motifs is 1. The number of ether oxygens (including phenoxy) is 1. The van der Waals surface area contributed by atoms with Crippen LogP contribution in [-0.2, 0) is 36.1 Å². The van der Waals surface area contributed by atoms with Crippen molar-refractivity contribution in [2.45, 2.75) is 55.8 Å². The Bertz CT molecular complexity index is 1250. The highest BCUT2D eigenvalue weighted by Gasteiger charge is 2.51. The van der Waals surface area contributed by atoms with E-state index in [4.69, 9.17) is 4.74 Å². The molecule has 2 atom stereocenters. The summed E-state index contributed by atoms with van der Waals surface area (Å²) in [5, 5.41) is 2.67. The molecule has 0 fully saturated rings. The van der Waals surface area contributed by atoms with Crippen molar-refractivity contribution < 1.29 is 35.9 Å². The molecule has 2 unspecified atom stereocenters. The minimum atomic E-state index is -4.48.